The minimum Gasteiger partial charge on any atom is -0.465 e. The maximum absolute atomic E-state index is 8.82. The third-order valence-electron chi connectivity index (χ3n) is 6.15. The number of nitrogens with one attached hydrogen (secondary N) is 1. The van der Waals surface area contributed by atoms with Crippen LogP contribution in [0.5, 0.6) is 0 Å². The molecule has 6 rings (SSSR count). The van der Waals surface area contributed by atoms with Gasteiger partial charge in [-0.05, 0) is 60.7 Å². The number of para-hydroxylation sites is 4. The van der Waals surface area contributed by atoms with Gasteiger partial charge in [-0.3, -0.25) is 5.41 Å². The van der Waals surface area contributed by atoms with Crippen LogP contribution in [0.3, 0.4) is 0 Å². The first-order valence-electron chi connectivity index (χ1n) is 12.5. The maximum atomic E-state index is 8.82. The van der Waals surface area contributed by atoms with Gasteiger partial charge in [-0.25, -0.2) is 10.0 Å². The van der Waals surface area contributed by atoms with Gasteiger partial charge < -0.3 is 9.15 Å². The summed E-state index contributed by atoms with van der Waals surface area (Å²) in [5, 5.41) is 22.5. The van der Waals surface area contributed by atoms with Crippen molar-refractivity contribution in [2.75, 3.05) is 10.0 Å². The van der Waals surface area contributed by atoms with Crippen LogP contribution in [0.25, 0.3) is 0 Å². The minimum absolute atomic E-state index is 0.0897. The lowest BCUT2D eigenvalue weighted by atomic mass is 10.1. The summed E-state index contributed by atoms with van der Waals surface area (Å²) in [4.78, 5) is 0. The third kappa shape index (κ3) is 5.06. The van der Waals surface area contributed by atoms with Crippen molar-refractivity contribution in [2.24, 2.45) is 10.2 Å². The van der Waals surface area contributed by atoms with Crippen LogP contribution >= 0.6 is 0 Å². The highest BCUT2D eigenvalue weighted by molar-refractivity contribution is 6.69. The maximum Gasteiger partial charge on any atom is 0.237 e. The van der Waals surface area contributed by atoms with Gasteiger partial charge in [0.15, 0.2) is 11.5 Å². The fourth-order valence-electron chi connectivity index (χ4n) is 4.31. The molecular formula is C32H25N5O2. The molecule has 1 N–H and O–H groups in total. The summed E-state index contributed by atoms with van der Waals surface area (Å²) in [5.74, 6) is 0.448. The Hall–Kier alpha value is -5.43. The molecule has 5 aromatic rings. The molecule has 1 aromatic heterocycles. The lowest BCUT2D eigenvalue weighted by Crippen LogP contribution is -2.25. The van der Waals surface area contributed by atoms with Gasteiger partial charge in [0.1, 0.15) is 5.71 Å². The molecule has 0 bridgehead atoms. The highest BCUT2D eigenvalue weighted by Gasteiger charge is 2.40. The zero-order valence-electron chi connectivity index (χ0n) is 21.0. The Kier molecular flexibility index (Phi) is 6.69. The monoisotopic (exact) mass is 511 g/mol. The Balaban J connectivity index is 1.54. The van der Waals surface area contributed by atoms with Gasteiger partial charge in [-0.15, -0.1) is 0 Å². The molecule has 190 valence electrons. The highest BCUT2D eigenvalue weighted by Crippen LogP contribution is 2.33. The number of benzene rings is 4. The molecule has 0 spiro atoms. The molecule has 0 saturated carbocycles. The first-order valence-corrected chi connectivity index (χ1v) is 12.5. The Labute approximate surface area is 226 Å². The lowest BCUT2D eigenvalue weighted by molar-refractivity contribution is 0.240. The molecule has 1 aliphatic rings. The van der Waals surface area contributed by atoms with Crippen molar-refractivity contribution in [3.8, 4) is 0 Å². The summed E-state index contributed by atoms with van der Waals surface area (Å²) in [7, 11) is 0. The van der Waals surface area contributed by atoms with E-state index in [2.05, 4.69) is 0 Å². The van der Waals surface area contributed by atoms with Crippen molar-refractivity contribution in [2.45, 2.75) is 6.10 Å². The Morgan fingerprint density at radius 3 is 1.38 bits per heavy atom. The molecule has 7 nitrogen and oxygen atoms in total. The van der Waals surface area contributed by atoms with E-state index in [4.69, 9.17) is 24.8 Å². The number of hydrogen-bond acceptors (Lipinski definition) is 7. The zero-order valence-corrected chi connectivity index (χ0v) is 21.0. The van der Waals surface area contributed by atoms with E-state index in [1.807, 2.05) is 132 Å². The quantitative estimate of drug-likeness (QED) is 0.227. The zero-order chi connectivity index (χ0) is 26.4. The van der Waals surface area contributed by atoms with Gasteiger partial charge >= 0.3 is 0 Å². The summed E-state index contributed by atoms with van der Waals surface area (Å²) < 4.78 is 11.8. The van der Waals surface area contributed by atoms with Gasteiger partial charge in [0.05, 0.1) is 29.0 Å². The summed E-state index contributed by atoms with van der Waals surface area (Å²) >= 11 is 0. The largest absolute Gasteiger partial charge is 0.465 e. The van der Waals surface area contributed by atoms with Crippen LogP contribution < -0.4 is 10.0 Å². The molecule has 2 heterocycles. The van der Waals surface area contributed by atoms with Crippen LogP contribution in [0, 0.1) is 5.41 Å². The molecule has 0 aliphatic carbocycles. The van der Waals surface area contributed by atoms with E-state index >= 15 is 0 Å². The van der Waals surface area contributed by atoms with Gasteiger partial charge in [0.25, 0.3) is 0 Å². The van der Waals surface area contributed by atoms with Crippen LogP contribution in [0.2, 0.25) is 0 Å². The average molecular weight is 512 g/mol. The number of hydrogen-bond donors (Lipinski definition) is 1. The van der Waals surface area contributed by atoms with Gasteiger partial charge in [0.2, 0.25) is 12.0 Å². The molecule has 1 saturated heterocycles. The van der Waals surface area contributed by atoms with Crippen LogP contribution in [0.4, 0.5) is 22.7 Å². The SMILES string of the molecule is N=C1OC(c2ccco2)C(=N/N(c2ccccc2)c2ccccc2)/C1=N/N(c1ccccc1)c1ccccc1. The molecule has 4 aromatic carbocycles. The van der Waals surface area contributed by atoms with Gasteiger partial charge in [-0.2, -0.15) is 10.2 Å². The molecule has 1 unspecified atom stereocenters. The van der Waals surface area contributed by atoms with Gasteiger partial charge in [-0.1, -0.05) is 72.8 Å². The van der Waals surface area contributed by atoms with Crippen LogP contribution in [-0.4, -0.2) is 17.3 Å². The van der Waals surface area contributed by atoms with E-state index in [0.29, 0.717) is 17.2 Å². The normalized spacial score (nSPS) is 16.8. The van der Waals surface area contributed by atoms with Crippen molar-refractivity contribution in [3.05, 3.63) is 145 Å². The number of nitrogens with zero attached hydrogens (tertiary/aromatic N) is 4. The summed E-state index contributed by atoms with van der Waals surface area (Å²) in [5.41, 5.74) is 4.16. The fraction of sp³-hybridized carbons (Fsp3) is 0.0312. The smallest absolute Gasteiger partial charge is 0.237 e. The molecule has 7 heteroatoms. The Morgan fingerprint density at radius 1 is 0.538 bits per heavy atom. The van der Waals surface area contributed by atoms with Gasteiger partial charge in [0, 0.05) is 0 Å². The van der Waals surface area contributed by atoms with Crippen LogP contribution in [0.1, 0.15) is 11.9 Å². The van der Waals surface area contributed by atoms with Crippen LogP contribution in [-0.2, 0) is 4.74 Å². The number of furan rings is 1. The minimum atomic E-state index is -0.741. The first-order chi connectivity index (χ1) is 19.3. The number of rotatable bonds is 7. The third-order valence-corrected chi connectivity index (χ3v) is 6.15. The number of hydrazone groups is 2. The van der Waals surface area contributed by atoms with Crippen molar-refractivity contribution in [3.63, 3.8) is 0 Å². The predicted octanol–water partition coefficient (Wildman–Crippen LogP) is 7.72. The molecular weight excluding hydrogens is 486 g/mol. The summed E-state index contributed by atoms with van der Waals surface area (Å²) in [6.07, 6.45) is 0.844. The van der Waals surface area contributed by atoms with Crippen LogP contribution in [0.15, 0.2) is 154 Å². The molecule has 0 amide bonds. The van der Waals surface area contributed by atoms with E-state index in [9.17, 15) is 0 Å². The summed E-state index contributed by atoms with van der Waals surface area (Å²) in [6.45, 7) is 0. The Morgan fingerprint density at radius 2 is 0.974 bits per heavy atom. The highest BCUT2D eigenvalue weighted by atomic mass is 16.5. The van der Waals surface area contributed by atoms with E-state index in [1.165, 1.54) is 0 Å². The van der Waals surface area contributed by atoms with Crippen molar-refractivity contribution < 1.29 is 9.15 Å². The second kappa shape index (κ2) is 10.9. The number of ether oxygens (including phenoxy) is 1. The predicted molar refractivity (Wildman–Crippen MR) is 155 cm³/mol. The topological polar surface area (TPSA) is 77.4 Å². The van der Waals surface area contributed by atoms with Crippen molar-refractivity contribution >= 4 is 40.1 Å². The first kappa shape index (κ1) is 23.9. The average Bonchev–Trinajstić information content (AvgIpc) is 3.64. The Bertz CT molecular complexity index is 1510. The second-order valence-electron chi connectivity index (χ2n) is 8.74. The second-order valence-corrected chi connectivity index (χ2v) is 8.74. The van der Waals surface area contributed by atoms with E-state index in [-0.39, 0.29) is 5.90 Å². The lowest BCUT2D eigenvalue weighted by Gasteiger charge is -2.22. The van der Waals surface area contributed by atoms with Crippen molar-refractivity contribution in [1.82, 2.24) is 0 Å². The standard InChI is InChI=1S/C32H25N5O2/c33-32-30(35-37(26-18-9-3-10-19-26)27-20-11-4-12-21-27)29(31(39-32)28-22-13-23-38-28)34-36(24-14-5-1-6-15-24)25-16-7-2-8-17-25/h1-23,31,33H/b33-32?,34-29+,35-30-. The molecule has 1 atom stereocenters. The molecule has 39 heavy (non-hydrogen) atoms. The molecule has 1 aliphatic heterocycles. The van der Waals surface area contributed by atoms with E-state index in [0.717, 1.165) is 22.7 Å². The molecule has 1 fully saturated rings. The summed E-state index contributed by atoms with van der Waals surface area (Å²) in [6, 6.07) is 42.9. The number of anilines is 4. The fourth-order valence-corrected chi connectivity index (χ4v) is 4.31. The van der Waals surface area contributed by atoms with Crippen molar-refractivity contribution in [1.29, 1.82) is 5.41 Å². The van der Waals surface area contributed by atoms with E-state index < -0.39 is 6.10 Å². The van der Waals surface area contributed by atoms with E-state index in [1.54, 1.807) is 17.3 Å². The molecule has 0 radical (unpaired) electrons.